The minimum absolute atomic E-state index is 0.0728. The fourth-order valence-electron chi connectivity index (χ4n) is 13.3. The van der Waals surface area contributed by atoms with E-state index in [1.54, 1.807) is 0 Å². The van der Waals surface area contributed by atoms with Crippen LogP contribution in [-0.2, 0) is 14.3 Å². The fourth-order valence-corrected chi connectivity index (χ4v) is 13.3. The van der Waals surface area contributed by atoms with Gasteiger partial charge in [0.25, 0.3) is 0 Å². The summed E-state index contributed by atoms with van der Waals surface area (Å²) in [4.78, 5) is 28.3. The van der Waals surface area contributed by atoms with Gasteiger partial charge in [-0.3, -0.25) is 9.69 Å². The highest BCUT2D eigenvalue weighted by Gasteiger charge is 2.72. The smallest absolute Gasteiger partial charge is 0.407 e. The Labute approximate surface area is 266 Å². The zero-order valence-corrected chi connectivity index (χ0v) is 28.9. The van der Waals surface area contributed by atoms with E-state index < -0.39 is 11.4 Å². The Morgan fingerprint density at radius 1 is 0.886 bits per heavy atom. The summed E-state index contributed by atoms with van der Waals surface area (Å²) in [5, 5.41) is 13.7. The molecule has 44 heavy (non-hydrogen) atoms. The highest BCUT2D eigenvalue weighted by molar-refractivity contribution is 5.76. The summed E-state index contributed by atoms with van der Waals surface area (Å²) in [6.45, 7) is 22.0. The van der Waals surface area contributed by atoms with Crippen LogP contribution in [0.25, 0.3) is 0 Å². The lowest BCUT2D eigenvalue weighted by Gasteiger charge is -2.72. The molecule has 0 aromatic carbocycles. The van der Waals surface area contributed by atoms with Gasteiger partial charge >= 0.3 is 12.1 Å². The van der Waals surface area contributed by atoms with Crippen LogP contribution >= 0.6 is 0 Å². The Morgan fingerprint density at radius 3 is 2.30 bits per heavy atom. The van der Waals surface area contributed by atoms with E-state index in [1.807, 2.05) is 0 Å². The number of morpholine rings is 1. The molecule has 0 radical (unpaired) electrons. The first-order valence-corrected chi connectivity index (χ1v) is 18.2. The largest absolute Gasteiger partial charge is 0.481 e. The van der Waals surface area contributed by atoms with Crippen molar-refractivity contribution in [1.29, 1.82) is 0 Å². The first kappa shape index (κ1) is 32.6. The molecule has 0 spiro atoms. The molecule has 5 unspecified atom stereocenters. The minimum Gasteiger partial charge on any atom is -0.481 e. The number of carbonyl (C=O) groups is 2. The van der Waals surface area contributed by atoms with E-state index in [4.69, 9.17) is 9.47 Å². The van der Waals surface area contributed by atoms with Crippen LogP contribution in [0, 0.1) is 62.6 Å². The summed E-state index contributed by atoms with van der Waals surface area (Å²) in [6.07, 6.45) is 10.3. The van der Waals surface area contributed by atoms with Crippen molar-refractivity contribution in [2.45, 2.75) is 119 Å². The first-order valence-electron chi connectivity index (χ1n) is 18.2. The number of hydrogen-bond acceptors (Lipinski definition) is 5. The second-order valence-corrected chi connectivity index (χ2v) is 17.7. The van der Waals surface area contributed by atoms with Crippen molar-refractivity contribution >= 4 is 12.1 Å². The molecular formula is C37H62N2O5. The third-order valence-corrected chi connectivity index (χ3v) is 15.8. The summed E-state index contributed by atoms with van der Waals surface area (Å²) in [7, 11) is 0. The van der Waals surface area contributed by atoms with E-state index in [9.17, 15) is 14.7 Å². The van der Waals surface area contributed by atoms with Gasteiger partial charge in [0.15, 0.2) is 0 Å². The van der Waals surface area contributed by atoms with Gasteiger partial charge in [0, 0.05) is 31.6 Å². The SMILES string of the molecule is CC(C)C1CC[C@]2(C(=O)O)CC[C@]3(C)C(CCC4[C@@]5(C)CC[C@@H](OC(=O)NCCN6CCOCC6)C(C)(C)C5CC[C@]43C)C12. The predicted octanol–water partition coefficient (Wildman–Crippen LogP) is 7.24. The predicted molar refractivity (Wildman–Crippen MR) is 172 cm³/mol. The molecule has 7 nitrogen and oxygen atoms in total. The molecule has 6 aliphatic rings. The van der Waals surface area contributed by atoms with Gasteiger partial charge in [-0.1, -0.05) is 48.5 Å². The topological polar surface area (TPSA) is 88.1 Å². The van der Waals surface area contributed by atoms with E-state index in [2.05, 4.69) is 58.7 Å². The molecule has 6 fully saturated rings. The Morgan fingerprint density at radius 2 is 1.61 bits per heavy atom. The van der Waals surface area contributed by atoms with Crippen molar-refractivity contribution in [3.05, 3.63) is 0 Å². The second kappa shape index (κ2) is 11.4. The Hall–Kier alpha value is -1.34. The van der Waals surface area contributed by atoms with Crippen molar-refractivity contribution in [1.82, 2.24) is 10.2 Å². The molecule has 1 saturated heterocycles. The summed E-state index contributed by atoms with van der Waals surface area (Å²) < 4.78 is 11.7. The third-order valence-electron chi connectivity index (χ3n) is 15.8. The van der Waals surface area contributed by atoms with Crippen molar-refractivity contribution in [2.24, 2.45) is 62.6 Å². The van der Waals surface area contributed by atoms with Crippen molar-refractivity contribution < 1.29 is 24.2 Å². The van der Waals surface area contributed by atoms with Crippen LogP contribution in [0.2, 0.25) is 0 Å². The highest BCUT2D eigenvalue weighted by atomic mass is 16.6. The van der Waals surface area contributed by atoms with Crippen LogP contribution in [0.3, 0.4) is 0 Å². The van der Waals surface area contributed by atoms with Crippen molar-refractivity contribution in [2.75, 3.05) is 39.4 Å². The number of carbonyl (C=O) groups excluding carboxylic acids is 1. The maximum atomic E-state index is 13.0. The Balaban J connectivity index is 1.18. The zero-order chi connectivity index (χ0) is 31.7. The number of rotatable bonds is 6. The van der Waals surface area contributed by atoms with Crippen LogP contribution in [0.1, 0.15) is 113 Å². The van der Waals surface area contributed by atoms with Gasteiger partial charge in [0.2, 0.25) is 0 Å². The lowest BCUT2D eigenvalue weighted by Crippen LogP contribution is -2.67. The molecule has 7 heteroatoms. The number of nitrogens with one attached hydrogen (secondary N) is 1. The summed E-state index contributed by atoms with van der Waals surface area (Å²) in [5.41, 5.74) is -0.0263. The number of hydrogen-bond donors (Lipinski definition) is 2. The number of carboxylic acids is 1. The first-order chi connectivity index (χ1) is 20.7. The molecule has 10 atom stereocenters. The van der Waals surface area contributed by atoms with Gasteiger partial charge in [-0.2, -0.15) is 0 Å². The Kier molecular flexibility index (Phi) is 8.46. The van der Waals surface area contributed by atoms with Crippen LogP contribution in [0.5, 0.6) is 0 Å². The van der Waals surface area contributed by atoms with E-state index in [0.29, 0.717) is 42.1 Å². The lowest BCUT2D eigenvalue weighted by atomic mass is 9.32. The van der Waals surface area contributed by atoms with Crippen molar-refractivity contribution in [3.63, 3.8) is 0 Å². The van der Waals surface area contributed by atoms with Crippen LogP contribution in [0.4, 0.5) is 4.79 Å². The number of fused-ring (bicyclic) bond motifs is 7. The number of amides is 1. The molecule has 5 aliphatic carbocycles. The average molecular weight is 615 g/mol. The van der Waals surface area contributed by atoms with E-state index in [0.717, 1.165) is 71.4 Å². The quantitative estimate of drug-likeness (QED) is 0.328. The van der Waals surface area contributed by atoms with Gasteiger partial charge in [0.1, 0.15) is 6.10 Å². The molecular weight excluding hydrogens is 552 g/mol. The van der Waals surface area contributed by atoms with E-state index >= 15 is 0 Å². The number of ether oxygens (including phenoxy) is 2. The molecule has 0 bridgehead atoms. The molecule has 0 aromatic heterocycles. The van der Waals surface area contributed by atoms with Gasteiger partial charge in [-0.25, -0.2) is 4.79 Å². The van der Waals surface area contributed by atoms with Gasteiger partial charge < -0.3 is 19.9 Å². The number of alkyl carbamates (subject to hydrolysis) is 1. The second-order valence-electron chi connectivity index (χ2n) is 17.7. The van der Waals surface area contributed by atoms with E-state index in [-0.39, 0.29) is 33.9 Å². The minimum atomic E-state index is -0.513. The summed E-state index contributed by atoms with van der Waals surface area (Å²) >= 11 is 0. The van der Waals surface area contributed by atoms with Crippen LogP contribution < -0.4 is 5.32 Å². The fraction of sp³-hybridized carbons (Fsp3) is 0.946. The number of carboxylic acid groups (broad SMARTS) is 1. The molecule has 250 valence electrons. The molecule has 1 amide bonds. The normalized spacial score (nSPS) is 46.7. The number of nitrogens with zero attached hydrogens (tertiary/aromatic N) is 1. The van der Waals surface area contributed by atoms with Crippen LogP contribution in [-0.4, -0.2) is 67.6 Å². The molecule has 1 heterocycles. The van der Waals surface area contributed by atoms with Gasteiger partial charge in [-0.05, 0) is 116 Å². The molecule has 1 aliphatic heterocycles. The third kappa shape index (κ3) is 4.78. The van der Waals surface area contributed by atoms with Gasteiger partial charge in [-0.15, -0.1) is 0 Å². The average Bonchev–Trinajstić information content (AvgIpc) is 3.37. The molecule has 6 rings (SSSR count). The molecule has 2 N–H and O–H groups in total. The Bertz CT molecular complexity index is 1100. The molecule has 0 aromatic rings. The summed E-state index contributed by atoms with van der Waals surface area (Å²) in [5.74, 6) is 2.48. The zero-order valence-electron chi connectivity index (χ0n) is 28.9. The standard InChI is InChI=1S/C37H62N2O5/c1-24(2)25-10-15-37(31(40)41)17-16-35(6)26(30(25)37)8-9-28-34(5)13-12-29(33(3,4)27(34)11-14-36(28,35)7)44-32(42)38-18-19-39-20-22-43-23-21-39/h24-30H,8-23H2,1-7H3,(H,38,42)(H,40,41)/t25?,26?,27?,28?,29-,30?,34+,35-,36-,37+/m1/s1. The molecule has 5 saturated carbocycles. The maximum absolute atomic E-state index is 13.0. The monoisotopic (exact) mass is 614 g/mol. The summed E-state index contributed by atoms with van der Waals surface area (Å²) in [6, 6.07) is 0. The van der Waals surface area contributed by atoms with Gasteiger partial charge in [0.05, 0.1) is 18.6 Å². The van der Waals surface area contributed by atoms with E-state index in [1.165, 1.54) is 25.7 Å². The highest BCUT2D eigenvalue weighted by Crippen LogP contribution is 2.77. The lowest BCUT2D eigenvalue weighted by molar-refractivity contribution is -0.249. The van der Waals surface area contributed by atoms with Crippen molar-refractivity contribution in [3.8, 4) is 0 Å². The maximum Gasteiger partial charge on any atom is 0.407 e. The van der Waals surface area contributed by atoms with Crippen LogP contribution in [0.15, 0.2) is 0 Å². The number of aliphatic carboxylic acids is 1.